The van der Waals surface area contributed by atoms with Gasteiger partial charge < -0.3 is 14.6 Å². The second kappa shape index (κ2) is 5.41. The van der Waals surface area contributed by atoms with Gasteiger partial charge >= 0.3 is 0 Å². The average molecular weight is 236 g/mol. The number of hydrogen-bond acceptors (Lipinski definition) is 3. The van der Waals surface area contributed by atoms with E-state index in [-0.39, 0.29) is 0 Å². The molecule has 0 aromatic heterocycles. The van der Waals surface area contributed by atoms with Crippen molar-refractivity contribution in [1.82, 2.24) is 0 Å². The average Bonchev–Trinajstić information content (AvgIpc) is 3.19. The molecule has 1 aliphatic rings. The third-order valence-electron chi connectivity index (χ3n) is 3.34. The molecule has 94 valence electrons. The van der Waals surface area contributed by atoms with Crippen LogP contribution in [-0.4, -0.2) is 19.3 Å². The van der Waals surface area contributed by atoms with Crippen molar-refractivity contribution in [3.63, 3.8) is 0 Å². The Hall–Kier alpha value is -1.22. The molecule has 1 atom stereocenters. The molecule has 1 fully saturated rings. The number of benzene rings is 1. The van der Waals surface area contributed by atoms with Crippen molar-refractivity contribution in [1.29, 1.82) is 0 Å². The number of methoxy groups -OCH3 is 2. The fraction of sp³-hybridized carbons (Fsp3) is 0.571. The van der Waals surface area contributed by atoms with Crippen molar-refractivity contribution < 1.29 is 14.6 Å². The summed E-state index contributed by atoms with van der Waals surface area (Å²) in [7, 11) is 3.24. The number of hydrogen-bond donors (Lipinski definition) is 1. The first-order valence-corrected chi connectivity index (χ1v) is 6.14. The summed E-state index contributed by atoms with van der Waals surface area (Å²) in [6.45, 7) is 0. The number of aliphatic hydroxyl groups is 1. The Balaban J connectivity index is 2.06. The summed E-state index contributed by atoms with van der Waals surface area (Å²) in [5.41, 5.74) is 0.856. The summed E-state index contributed by atoms with van der Waals surface area (Å²) in [6, 6.07) is 5.56. The molecule has 0 bridgehead atoms. The molecule has 0 saturated heterocycles. The highest BCUT2D eigenvalue weighted by Gasteiger charge is 2.23. The molecule has 3 nitrogen and oxygen atoms in total. The van der Waals surface area contributed by atoms with Crippen LogP contribution < -0.4 is 9.47 Å². The Morgan fingerprint density at radius 3 is 2.65 bits per heavy atom. The first-order chi connectivity index (χ1) is 8.24. The fourth-order valence-corrected chi connectivity index (χ4v) is 2.05. The molecule has 1 N–H and O–H groups in total. The predicted molar refractivity (Wildman–Crippen MR) is 66.5 cm³/mol. The minimum absolute atomic E-state index is 0.434. The molecule has 0 heterocycles. The van der Waals surface area contributed by atoms with Crippen LogP contribution in [0.3, 0.4) is 0 Å². The maximum absolute atomic E-state index is 10.2. The molecule has 0 spiro atoms. The van der Waals surface area contributed by atoms with Gasteiger partial charge in [0.1, 0.15) is 11.5 Å². The molecule has 1 aromatic carbocycles. The highest BCUT2D eigenvalue weighted by Crippen LogP contribution is 2.38. The zero-order valence-corrected chi connectivity index (χ0v) is 10.5. The van der Waals surface area contributed by atoms with Crippen LogP contribution in [0.25, 0.3) is 0 Å². The number of ether oxygens (including phenoxy) is 2. The van der Waals surface area contributed by atoms with Crippen LogP contribution in [0.4, 0.5) is 0 Å². The summed E-state index contributed by atoms with van der Waals surface area (Å²) in [4.78, 5) is 0. The summed E-state index contributed by atoms with van der Waals surface area (Å²) in [6.07, 6.45) is 4.14. The molecule has 1 unspecified atom stereocenters. The molecule has 0 amide bonds. The Bertz CT molecular complexity index is 372. The Morgan fingerprint density at radius 2 is 2.06 bits per heavy atom. The predicted octanol–water partition coefficient (Wildman–Crippen LogP) is 2.93. The molecular weight excluding hydrogens is 216 g/mol. The van der Waals surface area contributed by atoms with Crippen LogP contribution in [-0.2, 0) is 0 Å². The van der Waals surface area contributed by atoms with E-state index < -0.39 is 6.10 Å². The summed E-state index contributed by atoms with van der Waals surface area (Å²) in [5.74, 6) is 2.29. The van der Waals surface area contributed by atoms with Crippen molar-refractivity contribution in [3.8, 4) is 11.5 Å². The fourth-order valence-electron chi connectivity index (χ4n) is 2.05. The SMILES string of the molecule is COc1ccc(C(O)CCC2CC2)c(OC)c1. The maximum Gasteiger partial charge on any atom is 0.128 e. The van der Waals surface area contributed by atoms with Crippen molar-refractivity contribution in [2.24, 2.45) is 5.92 Å². The van der Waals surface area contributed by atoms with E-state index in [4.69, 9.17) is 9.47 Å². The van der Waals surface area contributed by atoms with Gasteiger partial charge in [-0.1, -0.05) is 12.8 Å². The zero-order chi connectivity index (χ0) is 12.3. The van der Waals surface area contributed by atoms with Crippen LogP contribution in [0.2, 0.25) is 0 Å². The molecule has 17 heavy (non-hydrogen) atoms. The van der Waals surface area contributed by atoms with E-state index in [9.17, 15) is 5.11 Å². The molecule has 1 aromatic rings. The highest BCUT2D eigenvalue weighted by atomic mass is 16.5. The lowest BCUT2D eigenvalue weighted by molar-refractivity contribution is 0.158. The van der Waals surface area contributed by atoms with Crippen molar-refractivity contribution in [2.75, 3.05) is 14.2 Å². The second-order valence-corrected chi connectivity index (χ2v) is 4.64. The van der Waals surface area contributed by atoms with Crippen LogP contribution in [0.5, 0.6) is 11.5 Å². The van der Waals surface area contributed by atoms with Gasteiger partial charge in [-0.05, 0) is 30.9 Å². The van der Waals surface area contributed by atoms with E-state index in [0.29, 0.717) is 5.75 Å². The van der Waals surface area contributed by atoms with Gasteiger partial charge in [0, 0.05) is 11.6 Å². The molecule has 0 radical (unpaired) electrons. The van der Waals surface area contributed by atoms with E-state index in [1.54, 1.807) is 14.2 Å². The first-order valence-electron chi connectivity index (χ1n) is 6.14. The molecule has 0 aliphatic heterocycles. The smallest absolute Gasteiger partial charge is 0.128 e. The normalized spacial score (nSPS) is 16.6. The highest BCUT2D eigenvalue weighted by molar-refractivity contribution is 5.41. The first kappa shape index (κ1) is 12.2. The molecule has 2 rings (SSSR count). The van der Waals surface area contributed by atoms with Gasteiger partial charge in [0.05, 0.1) is 20.3 Å². The lowest BCUT2D eigenvalue weighted by Crippen LogP contribution is -2.01. The third kappa shape index (κ3) is 3.13. The Kier molecular flexibility index (Phi) is 3.89. The van der Waals surface area contributed by atoms with Gasteiger partial charge in [-0.25, -0.2) is 0 Å². The summed E-state index contributed by atoms with van der Waals surface area (Å²) in [5, 5.41) is 10.2. The van der Waals surface area contributed by atoms with Gasteiger partial charge in [-0.2, -0.15) is 0 Å². The lowest BCUT2D eigenvalue weighted by Gasteiger charge is -2.15. The Labute approximate surface area is 102 Å². The number of rotatable bonds is 6. The van der Waals surface area contributed by atoms with Gasteiger partial charge in [0.15, 0.2) is 0 Å². The third-order valence-corrected chi connectivity index (χ3v) is 3.34. The van der Waals surface area contributed by atoms with Gasteiger partial charge in [-0.3, -0.25) is 0 Å². The van der Waals surface area contributed by atoms with Crippen LogP contribution in [0.1, 0.15) is 37.4 Å². The van der Waals surface area contributed by atoms with Crippen molar-refractivity contribution in [2.45, 2.75) is 31.8 Å². The molecule has 1 saturated carbocycles. The molecule has 1 aliphatic carbocycles. The van der Waals surface area contributed by atoms with Crippen LogP contribution in [0.15, 0.2) is 18.2 Å². The van der Waals surface area contributed by atoms with Gasteiger partial charge in [0.2, 0.25) is 0 Å². The number of aliphatic hydroxyl groups excluding tert-OH is 1. The minimum atomic E-state index is -0.434. The minimum Gasteiger partial charge on any atom is -0.497 e. The largest absolute Gasteiger partial charge is 0.497 e. The van der Waals surface area contributed by atoms with E-state index in [1.165, 1.54) is 12.8 Å². The topological polar surface area (TPSA) is 38.7 Å². The van der Waals surface area contributed by atoms with Crippen LogP contribution >= 0.6 is 0 Å². The summed E-state index contributed by atoms with van der Waals surface area (Å²) >= 11 is 0. The quantitative estimate of drug-likeness (QED) is 0.825. The zero-order valence-electron chi connectivity index (χ0n) is 10.5. The van der Waals surface area contributed by atoms with E-state index >= 15 is 0 Å². The van der Waals surface area contributed by atoms with Crippen LogP contribution in [0, 0.1) is 5.92 Å². The van der Waals surface area contributed by atoms with Gasteiger partial charge in [-0.15, -0.1) is 0 Å². The Morgan fingerprint density at radius 1 is 1.29 bits per heavy atom. The van der Waals surface area contributed by atoms with E-state index in [1.807, 2.05) is 18.2 Å². The molecular formula is C14H20O3. The monoisotopic (exact) mass is 236 g/mol. The van der Waals surface area contributed by atoms with E-state index in [2.05, 4.69) is 0 Å². The van der Waals surface area contributed by atoms with E-state index in [0.717, 1.165) is 30.1 Å². The molecule has 3 heteroatoms. The lowest BCUT2D eigenvalue weighted by atomic mass is 10.0. The maximum atomic E-state index is 10.2. The van der Waals surface area contributed by atoms with Gasteiger partial charge in [0.25, 0.3) is 0 Å². The van der Waals surface area contributed by atoms with Crippen molar-refractivity contribution in [3.05, 3.63) is 23.8 Å². The standard InChI is InChI=1S/C14H20O3/c1-16-11-6-7-12(14(9-11)17-2)13(15)8-5-10-3-4-10/h6-7,9-10,13,15H,3-5,8H2,1-2H3. The second-order valence-electron chi connectivity index (χ2n) is 4.64. The summed E-state index contributed by atoms with van der Waals surface area (Å²) < 4.78 is 10.4. The van der Waals surface area contributed by atoms with Crippen molar-refractivity contribution >= 4 is 0 Å².